The third-order valence-electron chi connectivity index (χ3n) is 4.80. The molecule has 0 radical (unpaired) electrons. The number of benzene rings is 2. The molecule has 0 saturated heterocycles. The summed E-state index contributed by atoms with van der Waals surface area (Å²) in [6, 6.07) is 25.5. The number of hydrogen-bond donors (Lipinski definition) is 2. The van der Waals surface area contributed by atoms with Gasteiger partial charge in [0.25, 0.3) is 5.91 Å². The van der Waals surface area contributed by atoms with Crippen molar-refractivity contribution < 1.29 is 4.79 Å². The summed E-state index contributed by atoms with van der Waals surface area (Å²) >= 11 is 1.58. The lowest BCUT2D eigenvalue weighted by atomic mass is 10.00. The molecule has 0 fully saturated rings. The van der Waals surface area contributed by atoms with E-state index in [0.717, 1.165) is 32.4 Å². The summed E-state index contributed by atoms with van der Waals surface area (Å²) in [6.07, 6.45) is 1.80. The summed E-state index contributed by atoms with van der Waals surface area (Å²) in [5.74, 6) is 0.687. The largest absolute Gasteiger partial charge is 0.359 e. The lowest BCUT2D eigenvalue weighted by molar-refractivity contribution is 0.102. The zero-order valence-electron chi connectivity index (χ0n) is 16.9. The molecule has 150 valence electrons. The molecule has 0 spiro atoms. The van der Waals surface area contributed by atoms with Crippen LogP contribution < -0.4 is 10.6 Å². The minimum atomic E-state index is -0.142. The average molecular weight is 414 g/mol. The Morgan fingerprint density at radius 3 is 2.33 bits per heavy atom. The highest BCUT2D eigenvalue weighted by molar-refractivity contribution is 7.16. The van der Waals surface area contributed by atoms with E-state index >= 15 is 0 Å². The van der Waals surface area contributed by atoms with Gasteiger partial charge in [-0.3, -0.25) is 4.79 Å². The first-order chi connectivity index (χ1) is 14.6. The highest BCUT2D eigenvalue weighted by atomic mass is 32.1. The van der Waals surface area contributed by atoms with Crippen LogP contribution >= 0.6 is 11.3 Å². The molecular weight excluding hydrogens is 390 g/mol. The van der Waals surface area contributed by atoms with Crippen LogP contribution in [0.5, 0.6) is 0 Å². The number of nitrogens with zero attached hydrogens (tertiary/aromatic N) is 1. The molecule has 0 unspecified atom stereocenters. The van der Waals surface area contributed by atoms with Crippen LogP contribution in [0.25, 0.3) is 0 Å². The van der Waals surface area contributed by atoms with E-state index in [0.29, 0.717) is 5.56 Å². The minimum absolute atomic E-state index is 0.112. The third kappa shape index (κ3) is 4.58. The van der Waals surface area contributed by atoms with E-state index in [-0.39, 0.29) is 11.9 Å². The van der Waals surface area contributed by atoms with Gasteiger partial charge in [-0.15, -0.1) is 11.3 Å². The lowest BCUT2D eigenvalue weighted by Gasteiger charge is -2.21. The number of thiophene rings is 1. The lowest BCUT2D eigenvalue weighted by Crippen LogP contribution is -2.17. The number of carbonyl (C=O) groups is 1. The zero-order valence-corrected chi connectivity index (χ0v) is 17.7. The van der Waals surface area contributed by atoms with Crippen molar-refractivity contribution in [2.45, 2.75) is 19.9 Å². The summed E-state index contributed by atoms with van der Waals surface area (Å²) in [4.78, 5) is 18.4. The second-order valence-corrected chi connectivity index (χ2v) is 8.42. The molecule has 0 aliphatic rings. The Bertz CT molecular complexity index is 1140. The smallest absolute Gasteiger partial charge is 0.256 e. The molecule has 0 bridgehead atoms. The number of anilines is 2. The molecular formula is C25H23N3OS. The molecule has 4 rings (SSSR count). The Morgan fingerprint density at radius 1 is 0.933 bits per heavy atom. The molecule has 1 atom stereocenters. The fraction of sp³-hybridized carbons (Fsp3) is 0.120. The van der Waals surface area contributed by atoms with Gasteiger partial charge in [-0.1, -0.05) is 48.5 Å². The van der Waals surface area contributed by atoms with Gasteiger partial charge in [0.05, 0.1) is 6.04 Å². The molecule has 2 aromatic carbocycles. The van der Waals surface area contributed by atoms with Crippen molar-refractivity contribution >= 4 is 28.1 Å². The van der Waals surface area contributed by atoms with Crippen LogP contribution in [0, 0.1) is 13.8 Å². The van der Waals surface area contributed by atoms with Crippen molar-refractivity contribution in [2.24, 2.45) is 0 Å². The fourth-order valence-electron chi connectivity index (χ4n) is 3.36. The van der Waals surface area contributed by atoms with Crippen molar-refractivity contribution in [1.82, 2.24) is 4.98 Å². The van der Waals surface area contributed by atoms with Crippen molar-refractivity contribution in [3.8, 4) is 0 Å². The number of rotatable bonds is 6. The summed E-state index contributed by atoms with van der Waals surface area (Å²) in [5.41, 5.74) is 3.91. The van der Waals surface area contributed by atoms with Crippen LogP contribution in [0.1, 0.15) is 38.0 Å². The van der Waals surface area contributed by atoms with Gasteiger partial charge >= 0.3 is 0 Å². The number of pyridine rings is 1. The number of aromatic nitrogens is 1. The Morgan fingerprint density at radius 2 is 1.63 bits per heavy atom. The fourth-order valence-corrected chi connectivity index (χ4v) is 4.31. The number of aryl methyl sites for hydroxylation is 2. The molecule has 0 saturated carbocycles. The molecule has 2 heterocycles. The van der Waals surface area contributed by atoms with Crippen molar-refractivity contribution in [3.63, 3.8) is 0 Å². The Kier molecular flexibility index (Phi) is 5.91. The van der Waals surface area contributed by atoms with Crippen LogP contribution in [-0.2, 0) is 0 Å². The normalized spacial score (nSPS) is 11.7. The Labute approximate surface area is 180 Å². The Balaban J connectivity index is 1.71. The highest BCUT2D eigenvalue weighted by Gasteiger charge is 2.22. The second-order valence-electron chi connectivity index (χ2n) is 7.17. The first kappa shape index (κ1) is 19.9. The van der Waals surface area contributed by atoms with Gasteiger partial charge in [0.2, 0.25) is 0 Å². The molecule has 4 aromatic rings. The van der Waals surface area contributed by atoms with Crippen LogP contribution in [0.3, 0.4) is 0 Å². The van der Waals surface area contributed by atoms with Gasteiger partial charge in [0.1, 0.15) is 10.8 Å². The molecule has 2 N–H and O–H groups in total. The summed E-state index contributed by atoms with van der Waals surface area (Å²) in [7, 11) is 0. The van der Waals surface area contributed by atoms with Crippen LogP contribution in [0.2, 0.25) is 0 Å². The number of hydrogen-bond acceptors (Lipinski definition) is 4. The van der Waals surface area contributed by atoms with Crippen LogP contribution in [-0.4, -0.2) is 10.9 Å². The average Bonchev–Trinajstić information content (AvgIpc) is 3.13. The SMILES string of the molecule is Cc1ccnc(N[C@H](c2ccccc2)c2cc(C)sc2NC(=O)c2ccccc2)c1. The zero-order chi connectivity index (χ0) is 20.9. The summed E-state index contributed by atoms with van der Waals surface area (Å²) in [5, 5.41) is 7.52. The van der Waals surface area contributed by atoms with Crippen LogP contribution in [0.15, 0.2) is 85.1 Å². The maximum absolute atomic E-state index is 12.8. The van der Waals surface area contributed by atoms with Gasteiger partial charge < -0.3 is 10.6 Å². The molecule has 2 aromatic heterocycles. The van der Waals surface area contributed by atoms with Gasteiger partial charge in [0.15, 0.2) is 0 Å². The predicted molar refractivity (Wildman–Crippen MR) is 124 cm³/mol. The van der Waals surface area contributed by atoms with E-state index in [1.165, 1.54) is 0 Å². The van der Waals surface area contributed by atoms with E-state index in [2.05, 4.69) is 40.7 Å². The Hall–Kier alpha value is -3.44. The standard InChI is InChI=1S/C25H23N3OS/c1-17-13-14-26-22(15-17)27-23(19-9-5-3-6-10-19)21-16-18(2)30-25(21)28-24(29)20-11-7-4-8-12-20/h3-16,23H,1-2H3,(H,26,27)(H,28,29)/t23-/m1/s1. The van der Waals surface area contributed by atoms with E-state index < -0.39 is 0 Å². The van der Waals surface area contributed by atoms with Gasteiger partial charge in [-0.05, 0) is 55.3 Å². The monoisotopic (exact) mass is 413 g/mol. The van der Waals surface area contributed by atoms with E-state index in [1.807, 2.05) is 67.6 Å². The molecule has 4 nitrogen and oxygen atoms in total. The second kappa shape index (κ2) is 8.93. The quantitative estimate of drug-likeness (QED) is 0.395. The maximum Gasteiger partial charge on any atom is 0.256 e. The van der Waals surface area contributed by atoms with Crippen LogP contribution in [0.4, 0.5) is 10.8 Å². The molecule has 30 heavy (non-hydrogen) atoms. The number of amides is 1. The maximum atomic E-state index is 12.8. The topological polar surface area (TPSA) is 54.0 Å². The summed E-state index contributed by atoms with van der Waals surface area (Å²) in [6.45, 7) is 4.10. The van der Waals surface area contributed by atoms with Gasteiger partial charge in [-0.2, -0.15) is 0 Å². The van der Waals surface area contributed by atoms with Gasteiger partial charge in [-0.25, -0.2) is 4.98 Å². The first-order valence-corrected chi connectivity index (χ1v) is 10.6. The molecule has 0 aliphatic heterocycles. The number of nitrogens with one attached hydrogen (secondary N) is 2. The van der Waals surface area contributed by atoms with E-state index in [1.54, 1.807) is 17.5 Å². The number of carbonyl (C=O) groups excluding carboxylic acids is 1. The highest BCUT2D eigenvalue weighted by Crippen LogP contribution is 2.37. The predicted octanol–water partition coefficient (Wildman–Crippen LogP) is 6.21. The van der Waals surface area contributed by atoms with E-state index in [9.17, 15) is 4.79 Å². The minimum Gasteiger partial charge on any atom is -0.359 e. The molecule has 1 amide bonds. The van der Waals surface area contributed by atoms with Crippen molar-refractivity contribution in [2.75, 3.05) is 10.6 Å². The van der Waals surface area contributed by atoms with Gasteiger partial charge in [0, 0.05) is 22.2 Å². The third-order valence-corrected chi connectivity index (χ3v) is 5.78. The summed E-state index contributed by atoms with van der Waals surface area (Å²) < 4.78 is 0. The van der Waals surface area contributed by atoms with Crippen molar-refractivity contribution in [3.05, 3.63) is 112 Å². The molecule has 0 aliphatic carbocycles. The molecule has 5 heteroatoms. The first-order valence-electron chi connectivity index (χ1n) is 9.81. The van der Waals surface area contributed by atoms with E-state index in [4.69, 9.17) is 0 Å². The van der Waals surface area contributed by atoms with Crippen molar-refractivity contribution in [1.29, 1.82) is 0 Å².